The van der Waals surface area contributed by atoms with Crippen molar-refractivity contribution in [1.82, 2.24) is 20.8 Å². The zero-order chi connectivity index (χ0) is 22.3. The molecule has 166 valence electrons. The second-order valence-electron chi connectivity index (χ2n) is 7.33. The van der Waals surface area contributed by atoms with E-state index in [4.69, 9.17) is 14.3 Å². The van der Waals surface area contributed by atoms with E-state index >= 15 is 0 Å². The molecule has 2 N–H and O–H groups in total. The van der Waals surface area contributed by atoms with E-state index in [1.807, 2.05) is 24.3 Å². The van der Waals surface area contributed by atoms with Crippen LogP contribution in [-0.2, 0) is 11.4 Å². The molecule has 0 spiro atoms. The molecule has 9 heteroatoms. The number of nitrogens with one attached hydrogen (secondary N) is 2. The van der Waals surface area contributed by atoms with Gasteiger partial charge in [-0.05, 0) is 42.5 Å². The van der Waals surface area contributed by atoms with Crippen molar-refractivity contribution in [2.45, 2.75) is 6.61 Å². The van der Waals surface area contributed by atoms with Crippen LogP contribution >= 0.6 is 0 Å². The number of nitrogens with zero attached hydrogens (tertiary/aromatic N) is 2. The molecule has 0 saturated carbocycles. The molecule has 0 radical (unpaired) electrons. The number of hydrogen-bond donors (Lipinski definition) is 2. The van der Waals surface area contributed by atoms with Crippen molar-refractivity contribution in [3.05, 3.63) is 71.9 Å². The Hall–Kier alpha value is -3.56. The summed E-state index contributed by atoms with van der Waals surface area (Å²) < 4.78 is 24.7. The number of halogens is 1. The van der Waals surface area contributed by atoms with Crippen LogP contribution in [0.25, 0.3) is 11.3 Å². The first-order valence-electron chi connectivity index (χ1n) is 10.1. The van der Waals surface area contributed by atoms with Crippen LogP contribution in [0.3, 0.4) is 0 Å². The Morgan fingerprint density at radius 2 is 1.94 bits per heavy atom. The predicted octanol–water partition coefficient (Wildman–Crippen LogP) is 2.75. The summed E-state index contributed by atoms with van der Waals surface area (Å²) in [7, 11) is 1.49. The van der Waals surface area contributed by atoms with Gasteiger partial charge >= 0.3 is 0 Å². The quantitative estimate of drug-likeness (QED) is 0.496. The van der Waals surface area contributed by atoms with Crippen LogP contribution in [0.1, 0.15) is 16.1 Å². The molecule has 1 amide bonds. The van der Waals surface area contributed by atoms with Gasteiger partial charge in [0.25, 0.3) is 5.91 Å². The number of carbonyl (C=O) groups excluding carboxylic acids is 1. The van der Waals surface area contributed by atoms with E-state index in [2.05, 4.69) is 20.8 Å². The molecule has 8 nitrogen and oxygen atoms in total. The minimum absolute atomic E-state index is 0.0754. The molecule has 2 heterocycles. The number of rotatable bonds is 9. The average Bonchev–Trinajstić information content (AvgIpc) is 2.80. The van der Waals surface area contributed by atoms with Crippen molar-refractivity contribution in [2.24, 2.45) is 5.92 Å². The molecule has 0 unspecified atom stereocenters. The van der Waals surface area contributed by atoms with Gasteiger partial charge in [-0.15, -0.1) is 0 Å². The molecule has 2 aromatic carbocycles. The monoisotopic (exact) mass is 438 g/mol. The van der Waals surface area contributed by atoms with Crippen LogP contribution in [-0.4, -0.2) is 42.7 Å². The number of hydroxylamine groups is 1. The first-order valence-corrected chi connectivity index (χ1v) is 10.1. The zero-order valence-corrected chi connectivity index (χ0v) is 17.5. The summed E-state index contributed by atoms with van der Waals surface area (Å²) in [6.07, 6.45) is 2.90. The van der Waals surface area contributed by atoms with E-state index in [0.717, 1.165) is 24.4 Å². The second-order valence-corrected chi connectivity index (χ2v) is 7.33. The summed E-state index contributed by atoms with van der Waals surface area (Å²) in [6, 6.07) is 11.7. The highest BCUT2D eigenvalue weighted by Crippen LogP contribution is 2.21. The lowest BCUT2D eigenvalue weighted by atomic mass is 10.1. The third-order valence-electron chi connectivity index (χ3n) is 5.01. The highest BCUT2D eigenvalue weighted by Gasteiger charge is 2.17. The van der Waals surface area contributed by atoms with Crippen molar-refractivity contribution in [3.63, 3.8) is 0 Å². The van der Waals surface area contributed by atoms with Gasteiger partial charge in [0.05, 0.1) is 31.8 Å². The van der Waals surface area contributed by atoms with Gasteiger partial charge in [0, 0.05) is 30.1 Å². The second kappa shape index (κ2) is 10.2. The zero-order valence-electron chi connectivity index (χ0n) is 17.5. The largest absolute Gasteiger partial charge is 0.497 e. The molecule has 0 bridgehead atoms. The fourth-order valence-corrected chi connectivity index (χ4v) is 3.04. The van der Waals surface area contributed by atoms with Gasteiger partial charge in [0.15, 0.2) is 0 Å². The first kappa shape index (κ1) is 21.7. The maximum atomic E-state index is 13.8. The molecule has 0 atom stereocenters. The van der Waals surface area contributed by atoms with E-state index in [1.54, 1.807) is 6.20 Å². The van der Waals surface area contributed by atoms with Crippen LogP contribution in [0.5, 0.6) is 11.5 Å². The summed E-state index contributed by atoms with van der Waals surface area (Å²) in [6.45, 7) is 2.49. The van der Waals surface area contributed by atoms with Crippen LogP contribution in [0.4, 0.5) is 4.39 Å². The van der Waals surface area contributed by atoms with Crippen molar-refractivity contribution in [2.75, 3.05) is 26.8 Å². The van der Waals surface area contributed by atoms with E-state index in [1.165, 1.54) is 31.5 Å². The van der Waals surface area contributed by atoms with Gasteiger partial charge in [-0.1, -0.05) is 0 Å². The lowest BCUT2D eigenvalue weighted by molar-refractivity contribution is 0.0219. The molecular weight excluding hydrogens is 415 g/mol. The molecule has 1 aliphatic rings. The molecule has 4 rings (SSSR count). The minimum Gasteiger partial charge on any atom is -0.497 e. The van der Waals surface area contributed by atoms with E-state index in [-0.39, 0.29) is 17.9 Å². The highest BCUT2D eigenvalue weighted by molar-refractivity contribution is 5.91. The molecule has 1 aliphatic heterocycles. The third kappa shape index (κ3) is 5.37. The lowest BCUT2D eigenvalue weighted by Crippen LogP contribution is -2.45. The van der Waals surface area contributed by atoms with Gasteiger partial charge in [-0.2, -0.15) is 0 Å². The molecule has 32 heavy (non-hydrogen) atoms. The fraction of sp³-hybridized carbons (Fsp3) is 0.261. The van der Waals surface area contributed by atoms with Gasteiger partial charge in [0.2, 0.25) is 0 Å². The molecule has 1 saturated heterocycles. The molecule has 1 aromatic heterocycles. The first-order chi connectivity index (χ1) is 15.6. The Morgan fingerprint density at radius 1 is 1.16 bits per heavy atom. The van der Waals surface area contributed by atoms with Crippen molar-refractivity contribution in [3.8, 4) is 22.8 Å². The summed E-state index contributed by atoms with van der Waals surface area (Å²) in [5.74, 6) is 0.778. The maximum Gasteiger partial charge on any atom is 0.295 e. The summed E-state index contributed by atoms with van der Waals surface area (Å²) in [5, 5.41) is 3.21. The SMILES string of the molecule is COc1ccc(F)c(CONC(=O)c2cncc(-c3ccc(OCC4CNC4)cc3)n2)c1. The standard InChI is InChI=1S/C23H23FN4O4/c1-30-19-6-7-20(24)17(8-19)14-32-28-23(29)22-12-26-11-21(27-22)16-2-4-18(5-3-16)31-13-15-9-25-10-15/h2-8,11-12,15,25H,9-10,13-14H2,1H3,(H,28,29). The topological polar surface area (TPSA) is 94.6 Å². The highest BCUT2D eigenvalue weighted by atomic mass is 19.1. The van der Waals surface area contributed by atoms with Gasteiger partial charge in [-0.25, -0.2) is 14.9 Å². The van der Waals surface area contributed by atoms with Gasteiger partial charge < -0.3 is 14.8 Å². The number of benzene rings is 2. The Kier molecular flexibility index (Phi) is 6.88. The number of carbonyl (C=O) groups is 1. The normalized spacial score (nSPS) is 13.3. The van der Waals surface area contributed by atoms with Crippen molar-refractivity contribution >= 4 is 5.91 Å². The number of methoxy groups -OCH3 is 1. The number of ether oxygens (including phenoxy) is 2. The van der Waals surface area contributed by atoms with Crippen LogP contribution in [0.2, 0.25) is 0 Å². The average molecular weight is 438 g/mol. The molecule has 0 aliphatic carbocycles. The summed E-state index contributed by atoms with van der Waals surface area (Å²) in [5.41, 5.74) is 3.92. The van der Waals surface area contributed by atoms with Crippen LogP contribution < -0.4 is 20.3 Å². The minimum atomic E-state index is -0.586. The molecule has 3 aromatic rings. The maximum absolute atomic E-state index is 13.8. The third-order valence-corrected chi connectivity index (χ3v) is 5.01. The molecular formula is C23H23FN4O4. The van der Waals surface area contributed by atoms with Crippen LogP contribution in [0.15, 0.2) is 54.9 Å². The Labute approximate surface area is 184 Å². The van der Waals surface area contributed by atoms with E-state index in [9.17, 15) is 9.18 Å². The van der Waals surface area contributed by atoms with Gasteiger partial charge in [-0.3, -0.25) is 14.6 Å². The number of aromatic nitrogens is 2. The summed E-state index contributed by atoms with van der Waals surface area (Å²) >= 11 is 0. The Bertz CT molecular complexity index is 1070. The van der Waals surface area contributed by atoms with Crippen LogP contribution in [0, 0.1) is 11.7 Å². The van der Waals surface area contributed by atoms with E-state index in [0.29, 0.717) is 24.0 Å². The van der Waals surface area contributed by atoms with Gasteiger partial charge in [0.1, 0.15) is 29.6 Å². The van der Waals surface area contributed by atoms with Crippen molar-refractivity contribution < 1.29 is 23.5 Å². The lowest BCUT2D eigenvalue weighted by Gasteiger charge is -2.26. The Morgan fingerprint density at radius 3 is 2.66 bits per heavy atom. The smallest absolute Gasteiger partial charge is 0.295 e. The molecule has 1 fully saturated rings. The predicted molar refractivity (Wildman–Crippen MR) is 115 cm³/mol. The number of hydrogen-bond acceptors (Lipinski definition) is 7. The fourth-order valence-electron chi connectivity index (χ4n) is 3.04. The number of amides is 1. The van der Waals surface area contributed by atoms with Crippen molar-refractivity contribution in [1.29, 1.82) is 0 Å². The summed E-state index contributed by atoms with van der Waals surface area (Å²) in [4.78, 5) is 26.0. The van der Waals surface area contributed by atoms with E-state index < -0.39 is 11.7 Å². The Balaban J connectivity index is 1.34.